The molecule has 1 saturated heterocycles. The largest absolute Gasteiger partial charge is 0.481 e. The molecule has 1 aliphatic rings. The summed E-state index contributed by atoms with van der Waals surface area (Å²) in [7, 11) is 0. The van der Waals surface area contributed by atoms with Crippen molar-refractivity contribution in [2.24, 2.45) is 5.92 Å². The van der Waals surface area contributed by atoms with Gasteiger partial charge in [-0.1, -0.05) is 30.3 Å². The SMILES string of the molecule is C[C@@H](c1ccccc1)N1CC[C@H](C(=O)O)[C@@H]1C. The maximum Gasteiger partial charge on any atom is 0.308 e. The number of rotatable bonds is 3. The number of likely N-dealkylation sites (tertiary alicyclic amines) is 1. The van der Waals surface area contributed by atoms with Gasteiger partial charge in [0, 0.05) is 12.1 Å². The Kier molecular flexibility index (Phi) is 3.48. The van der Waals surface area contributed by atoms with Crippen molar-refractivity contribution in [2.75, 3.05) is 6.54 Å². The molecule has 0 spiro atoms. The lowest BCUT2D eigenvalue weighted by molar-refractivity contribution is -0.142. The second-order valence-corrected chi connectivity index (χ2v) is 4.80. The minimum Gasteiger partial charge on any atom is -0.481 e. The minimum absolute atomic E-state index is 0.114. The van der Waals surface area contributed by atoms with Gasteiger partial charge < -0.3 is 5.11 Å². The molecule has 92 valence electrons. The fraction of sp³-hybridized carbons (Fsp3) is 0.500. The van der Waals surface area contributed by atoms with Crippen LogP contribution in [0.4, 0.5) is 0 Å². The zero-order valence-corrected chi connectivity index (χ0v) is 10.3. The highest BCUT2D eigenvalue weighted by Gasteiger charge is 2.37. The van der Waals surface area contributed by atoms with Gasteiger partial charge in [-0.2, -0.15) is 0 Å². The van der Waals surface area contributed by atoms with Gasteiger partial charge in [-0.05, 0) is 32.4 Å². The van der Waals surface area contributed by atoms with E-state index >= 15 is 0 Å². The lowest BCUT2D eigenvalue weighted by Crippen LogP contribution is -2.34. The molecule has 0 aromatic heterocycles. The molecule has 0 saturated carbocycles. The fourth-order valence-corrected chi connectivity index (χ4v) is 2.76. The van der Waals surface area contributed by atoms with Crippen LogP contribution in [0.3, 0.4) is 0 Å². The Morgan fingerprint density at radius 2 is 2.06 bits per heavy atom. The second-order valence-electron chi connectivity index (χ2n) is 4.80. The summed E-state index contributed by atoms with van der Waals surface area (Å²) in [4.78, 5) is 13.4. The average molecular weight is 233 g/mol. The lowest BCUT2D eigenvalue weighted by Gasteiger charge is -2.29. The van der Waals surface area contributed by atoms with Crippen LogP contribution < -0.4 is 0 Å². The number of hydrogen-bond acceptors (Lipinski definition) is 2. The number of carboxylic acid groups (broad SMARTS) is 1. The molecule has 1 aromatic carbocycles. The predicted octanol–water partition coefficient (Wildman–Crippen LogP) is 2.54. The van der Waals surface area contributed by atoms with E-state index in [4.69, 9.17) is 5.11 Å². The van der Waals surface area contributed by atoms with E-state index in [9.17, 15) is 4.79 Å². The van der Waals surface area contributed by atoms with Crippen molar-refractivity contribution in [2.45, 2.75) is 32.4 Å². The molecule has 3 nitrogen and oxygen atoms in total. The molecule has 1 heterocycles. The molecular formula is C14H19NO2. The van der Waals surface area contributed by atoms with Gasteiger partial charge in [-0.3, -0.25) is 9.69 Å². The van der Waals surface area contributed by atoms with E-state index in [-0.39, 0.29) is 18.0 Å². The van der Waals surface area contributed by atoms with Gasteiger partial charge in [-0.15, -0.1) is 0 Å². The number of carbonyl (C=O) groups is 1. The Labute approximate surface area is 102 Å². The molecule has 0 unspecified atom stereocenters. The molecule has 1 aromatic rings. The predicted molar refractivity (Wildman–Crippen MR) is 66.8 cm³/mol. The third-order valence-corrected chi connectivity index (χ3v) is 3.90. The topological polar surface area (TPSA) is 40.5 Å². The number of hydrogen-bond donors (Lipinski definition) is 1. The van der Waals surface area contributed by atoms with Crippen LogP contribution in [0.5, 0.6) is 0 Å². The summed E-state index contributed by atoms with van der Waals surface area (Å²) in [6.07, 6.45) is 0.758. The summed E-state index contributed by atoms with van der Waals surface area (Å²) in [5.74, 6) is -0.888. The molecule has 0 bridgehead atoms. The third-order valence-electron chi connectivity index (χ3n) is 3.90. The molecule has 0 aliphatic carbocycles. The summed E-state index contributed by atoms with van der Waals surface area (Å²) in [5, 5.41) is 9.13. The second kappa shape index (κ2) is 4.88. The van der Waals surface area contributed by atoms with Crippen molar-refractivity contribution < 1.29 is 9.90 Å². The summed E-state index contributed by atoms with van der Waals surface area (Å²) in [6.45, 7) is 5.04. The monoisotopic (exact) mass is 233 g/mol. The Bertz CT molecular complexity index is 390. The zero-order valence-electron chi connectivity index (χ0n) is 10.3. The standard InChI is InChI=1S/C14H19NO2/c1-10(12-6-4-3-5-7-12)15-9-8-13(11(15)2)14(16)17/h3-7,10-11,13H,8-9H2,1-2H3,(H,16,17)/t10-,11-,13-/m0/s1. The lowest BCUT2D eigenvalue weighted by atomic mass is 10.0. The van der Waals surface area contributed by atoms with Gasteiger partial charge in [0.1, 0.15) is 0 Å². The van der Waals surface area contributed by atoms with Gasteiger partial charge in [0.05, 0.1) is 5.92 Å². The normalized spacial score (nSPS) is 26.9. The summed E-state index contributed by atoms with van der Waals surface area (Å²) in [5.41, 5.74) is 1.25. The van der Waals surface area contributed by atoms with Gasteiger partial charge in [0.15, 0.2) is 0 Å². The van der Waals surface area contributed by atoms with E-state index in [0.29, 0.717) is 0 Å². The maximum atomic E-state index is 11.1. The van der Waals surface area contributed by atoms with E-state index in [0.717, 1.165) is 13.0 Å². The number of benzene rings is 1. The van der Waals surface area contributed by atoms with Crippen molar-refractivity contribution in [3.8, 4) is 0 Å². The van der Waals surface area contributed by atoms with E-state index in [1.807, 2.05) is 25.1 Å². The fourth-order valence-electron chi connectivity index (χ4n) is 2.76. The van der Waals surface area contributed by atoms with E-state index in [1.54, 1.807) is 0 Å². The van der Waals surface area contributed by atoms with Crippen LogP contribution in [-0.4, -0.2) is 28.6 Å². The Balaban J connectivity index is 2.12. The molecule has 17 heavy (non-hydrogen) atoms. The van der Waals surface area contributed by atoms with Crippen molar-refractivity contribution >= 4 is 5.97 Å². The van der Waals surface area contributed by atoms with Crippen LogP contribution >= 0.6 is 0 Å². The van der Waals surface area contributed by atoms with Crippen molar-refractivity contribution in [1.29, 1.82) is 0 Å². The first-order chi connectivity index (χ1) is 8.11. The van der Waals surface area contributed by atoms with Crippen LogP contribution in [-0.2, 0) is 4.79 Å². The van der Waals surface area contributed by atoms with Crippen LogP contribution in [0.25, 0.3) is 0 Å². The van der Waals surface area contributed by atoms with Gasteiger partial charge >= 0.3 is 5.97 Å². The molecule has 0 radical (unpaired) electrons. The molecule has 0 amide bonds. The highest BCUT2D eigenvalue weighted by atomic mass is 16.4. The molecule has 1 N–H and O–H groups in total. The molecule has 2 rings (SSSR count). The molecule has 1 fully saturated rings. The number of nitrogens with zero attached hydrogens (tertiary/aromatic N) is 1. The van der Waals surface area contributed by atoms with Gasteiger partial charge in [-0.25, -0.2) is 0 Å². The average Bonchev–Trinajstić information content (AvgIpc) is 2.71. The Morgan fingerprint density at radius 1 is 1.41 bits per heavy atom. The first-order valence-electron chi connectivity index (χ1n) is 6.14. The maximum absolute atomic E-state index is 11.1. The van der Waals surface area contributed by atoms with E-state index in [1.165, 1.54) is 5.56 Å². The van der Waals surface area contributed by atoms with Crippen LogP contribution in [0.2, 0.25) is 0 Å². The molecule has 3 heteroatoms. The van der Waals surface area contributed by atoms with Gasteiger partial charge in [0.25, 0.3) is 0 Å². The molecular weight excluding hydrogens is 214 g/mol. The molecule has 3 atom stereocenters. The van der Waals surface area contributed by atoms with E-state index in [2.05, 4.69) is 24.0 Å². The van der Waals surface area contributed by atoms with Crippen molar-refractivity contribution in [1.82, 2.24) is 4.90 Å². The zero-order chi connectivity index (χ0) is 12.4. The van der Waals surface area contributed by atoms with E-state index < -0.39 is 5.97 Å². The Morgan fingerprint density at radius 3 is 2.59 bits per heavy atom. The van der Waals surface area contributed by atoms with Crippen LogP contribution in [0.15, 0.2) is 30.3 Å². The smallest absolute Gasteiger partial charge is 0.308 e. The summed E-state index contributed by atoms with van der Waals surface area (Å²) < 4.78 is 0. The molecule has 1 aliphatic heterocycles. The minimum atomic E-state index is -0.666. The third kappa shape index (κ3) is 2.34. The summed E-state index contributed by atoms with van der Waals surface area (Å²) >= 11 is 0. The highest BCUT2D eigenvalue weighted by molar-refractivity contribution is 5.71. The van der Waals surface area contributed by atoms with Crippen LogP contribution in [0.1, 0.15) is 31.9 Å². The van der Waals surface area contributed by atoms with Gasteiger partial charge in [0.2, 0.25) is 0 Å². The quantitative estimate of drug-likeness (QED) is 0.872. The van der Waals surface area contributed by atoms with Crippen LogP contribution in [0, 0.1) is 5.92 Å². The van der Waals surface area contributed by atoms with Crippen molar-refractivity contribution in [3.05, 3.63) is 35.9 Å². The highest BCUT2D eigenvalue weighted by Crippen LogP contribution is 2.32. The van der Waals surface area contributed by atoms with Crippen molar-refractivity contribution in [3.63, 3.8) is 0 Å². The number of carboxylic acids is 1. The Hall–Kier alpha value is -1.35. The summed E-state index contributed by atoms with van der Waals surface area (Å²) in [6, 6.07) is 10.7. The first-order valence-corrected chi connectivity index (χ1v) is 6.14. The first kappa shape index (κ1) is 12.1. The number of aliphatic carboxylic acids is 1.